The summed E-state index contributed by atoms with van der Waals surface area (Å²) >= 11 is 0. The molecule has 9 nitrogen and oxygen atoms in total. The first-order valence-electron chi connectivity index (χ1n) is 12.8. The first-order chi connectivity index (χ1) is 17.6. The molecule has 6 rings (SSSR count). The van der Waals surface area contributed by atoms with Crippen molar-refractivity contribution in [1.29, 1.82) is 0 Å². The van der Waals surface area contributed by atoms with Crippen LogP contribution in [-0.2, 0) is 9.47 Å². The summed E-state index contributed by atoms with van der Waals surface area (Å²) < 4.78 is 11.8. The molecule has 0 spiro atoms. The van der Waals surface area contributed by atoms with Crippen molar-refractivity contribution in [2.24, 2.45) is 0 Å². The van der Waals surface area contributed by atoms with Crippen LogP contribution in [0.25, 0.3) is 22.3 Å². The number of methoxy groups -OCH3 is 1. The number of morpholine rings is 1. The lowest BCUT2D eigenvalue weighted by Crippen LogP contribution is -2.44. The number of nitrogens with zero attached hydrogens (tertiary/aromatic N) is 5. The third kappa shape index (κ3) is 4.37. The number of fused-ring (bicyclic) bond motifs is 3. The van der Waals surface area contributed by atoms with Gasteiger partial charge in [-0.25, -0.2) is 4.98 Å². The van der Waals surface area contributed by atoms with Gasteiger partial charge in [-0.1, -0.05) is 12.1 Å². The van der Waals surface area contributed by atoms with Crippen molar-refractivity contribution in [3.8, 4) is 11.3 Å². The van der Waals surface area contributed by atoms with E-state index >= 15 is 0 Å². The summed E-state index contributed by atoms with van der Waals surface area (Å²) in [7, 11) is 3.41. The average Bonchev–Trinajstić information content (AvgIpc) is 3.28. The number of nitrogens with one attached hydrogen (secondary N) is 1. The predicted octanol–water partition coefficient (Wildman–Crippen LogP) is 3.28. The SMILES string of the molecule is CNC(=O)c1cccc(-c2ccc3c(N4CCCC(OC)C4)nc(N4CC5CCC(C4)O5)nc3n2)c1.[HH]. The molecule has 3 atom stereocenters. The van der Waals surface area contributed by atoms with E-state index in [4.69, 9.17) is 24.4 Å². The van der Waals surface area contributed by atoms with Gasteiger partial charge in [-0.3, -0.25) is 4.79 Å². The molecule has 190 valence electrons. The number of carbonyl (C=O) groups is 1. The third-order valence-corrected chi connectivity index (χ3v) is 7.51. The van der Waals surface area contributed by atoms with E-state index in [0.717, 1.165) is 74.3 Å². The van der Waals surface area contributed by atoms with Crippen molar-refractivity contribution < 1.29 is 15.7 Å². The Hall–Kier alpha value is -3.30. The van der Waals surface area contributed by atoms with Gasteiger partial charge in [-0.05, 0) is 49.9 Å². The number of ether oxygens (including phenoxy) is 2. The minimum atomic E-state index is -0.121. The number of piperidine rings is 1. The summed E-state index contributed by atoms with van der Waals surface area (Å²) in [4.78, 5) is 31.8. The molecule has 3 saturated heterocycles. The standard InChI is InChI=1S/C27H32N6O3.H2/c1-28-26(34)18-6-3-5-17(13-18)23-11-10-22-24(29-23)30-27(33-15-20-8-9-21(16-33)36-20)31-25(22)32-12-4-7-19(14-32)35-2;/h3,5-6,10-11,13,19-21H,4,7-9,12,14-16H2,1-2H3,(H,28,34);1H. The van der Waals surface area contributed by atoms with E-state index in [0.29, 0.717) is 17.2 Å². The second-order valence-corrected chi connectivity index (χ2v) is 9.88. The van der Waals surface area contributed by atoms with Gasteiger partial charge < -0.3 is 24.6 Å². The summed E-state index contributed by atoms with van der Waals surface area (Å²) in [5, 5.41) is 3.61. The van der Waals surface area contributed by atoms with Gasteiger partial charge >= 0.3 is 0 Å². The van der Waals surface area contributed by atoms with Gasteiger partial charge in [0.2, 0.25) is 5.95 Å². The Bertz CT molecular complexity index is 1280. The van der Waals surface area contributed by atoms with Gasteiger partial charge in [0.1, 0.15) is 5.82 Å². The summed E-state index contributed by atoms with van der Waals surface area (Å²) in [6, 6.07) is 11.6. The maximum absolute atomic E-state index is 12.2. The molecular weight excluding hydrogens is 456 g/mol. The highest BCUT2D eigenvalue weighted by molar-refractivity contribution is 5.95. The monoisotopic (exact) mass is 490 g/mol. The zero-order valence-corrected chi connectivity index (χ0v) is 20.8. The fourth-order valence-corrected chi connectivity index (χ4v) is 5.59. The lowest BCUT2D eigenvalue weighted by Gasteiger charge is -2.35. The number of hydrogen-bond acceptors (Lipinski definition) is 8. The van der Waals surface area contributed by atoms with Crippen molar-refractivity contribution in [2.45, 2.75) is 44.0 Å². The molecule has 5 heterocycles. The third-order valence-electron chi connectivity index (χ3n) is 7.51. The molecule has 1 amide bonds. The molecule has 3 fully saturated rings. The Labute approximate surface area is 212 Å². The molecule has 1 aromatic carbocycles. The maximum atomic E-state index is 12.2. The minimum absolute atomic E-state index is 0. The number of aromatic nitrogens is 3. The van der Waals surface area contributed by atoms with Gasteiger partial charge in [-0.15, -0.1) is 0 Å². The maximum Gasteiger partial charge on any atom is 0.251 e. The Balaban J connectivity index is 0.00000280. The lowest BCUT2D eigenvalue weighted by atomic mass is 10.1. The molecule has 1 N–H and O–H groups in total. The molecule has 0 radical (unpaired) electrons. The largest absolute Gasteiger partial charge is 0.380 e. The normalized spacial score (nSPS) is 23.8. The second-order valence-electron chi connectivity index (χ2n) is 9.88. The van der Waals surface area contributed by atoms with Crippen LogP contribution >= 0.6 is 0 Å². The molecule has 3 unspecified atom stereocenters. The van der Waals surface area contributed by atoms with E-state index in [9.17, 15) is 4.79 Å². The average molecular weight is 491 g/mol. The van der Waals surface area contributed by atoms with E-state index < -0.39 is 0 Å². The number of anilines is 2. The quantitative estimate of drug-likeness (QED) is 0.583. The van der Waals surface area contributed by atoms with Gasteiger partial charge in [0.05, 0.1) is 29.4 Å². The summed E-state index contributed by atoms with van der Waals surface area (Å²) in [5.41, 5.74) is 2.92. The molecule has 9 heteroatoms. The number of carbonyl (C=O) groups excluding carboxylic acids is 1. The summed E-state index contributed by atoms with van der Waals surface area (Å²) in [5.74, 6) is 1.50. The zero-order valence-electron chi connectivity index (χ0n) is 20.8. The Kier molecular flexibility index (Phi) is 6.18. The van der Waals surface area contributed by atoms with Gasteiger partial charge in [0.25, 0.3) is 5.91 Å². The highest BCUT2D eigenvalue weighted by atomic mass is 16.5. The molecular formula is C27H34N6O3. The van der Waals surface area contributed by atoms with Gasteiger partial charge in [-0.2, -0.15) is 9.97 Å². The van der Waals surface area contributed by atoms with Crippen LogP contribution < -0.4 is 15.1 Å². The van der Waals surface area contributed by atoms with E-state index in [1.165, 1.54) is 0 Å². The van der Waals surface area contributed by atoms with E-state index in [2.05, 4.69) is 21.2 Å². The Morgan fingerprint density at radius 1 is 1.06 bits per heavy atom. The molecule has 3 aromatic rings. The van der Waals surface area contributed by atoms with Crippen LogP contribution in [0, 0.1) is 0 Å². The van der Waals surface area contributed by atoms with E-state index in [-0.39, 0.29) is 25.6 Å². The zero-order chi connectivity index (χ0) is 24.6. The van der Waals surface area contributed by atoms with Crippen LogP contribution in [0.5, 0.6) is 0 Å². The van der Waals surface area contributed by atoms with E-state index in [1.807, 2.05) is 24.3 Å². The molecule has 3 aliphatic rings. The van der Waals surface area contributed by atoms with Crippen LogP contribution in [0.3, 0.4) is 0 Å². The second kappa shape index (κ2) is 9.63. The van der Waals surface area contributed by atoms with Crippen LogP contribution in [0.4, 0.5) is 11.8 Å². The molecule has 2 bridgehead atoms. The van der Waals surface area contributed by atoms with Gasteiger partial charge in [0.15, 0.2) is 5.65 Å². The van der Waals surface area contributed by atoms with Crippen LogP contribution in [0.1, 0.15) is 37.5 Å². The number of rotatable bonds is 5. The highest BCUT2D eigenvalue weighted by Crippen LogP contribution is 2.33. The number of hydrogen-bond donors (Lipinski definition) is 1. The van der Waals surface area contributed by atoms with Crippen LogP contribution in [0.2, 0.25) is 0 Å². The van der Waals surface area contributed by atoms with E-state index in [1.54, 1.807) is 20.2 Å². The van der Waals surface area contributed by atoms with Crippen LogP contribution in [-0.4, -0.2) is 79.5 Å². The summed E-state index contributed by atoms with van der Waals surface area (Å²) in [6.07, 6.45) is 4.96. The van der Waals surface area contributed by atoms with Crippen molar-refractivity contribution >= 4 is 28.7 Å². The molecule has 36 heavy (non-hydrogen) atoms. The van der Waals surface area contributed by atoms with Crippen LogP contribution in [0.15, 0.2) is 36.4 Å². The summed E-state index contributed by atoms with van der Waals surface area (Å²) in [6.45, 7) is 3.33. The molecule has 0 aliphatic carbocycles. The van der Waals surface area contributed by atoms with Crippen molar-refractivity contribution in [3.05, 3.63) is 42.0 Å². The first kappa shape index (κ1) is 23.1. The first-order valence-corrected chi connectivity index (χ1v) is 12.8. The number of amides is 1. The molecule has 3 aliphatic heterocycles. The van der Waals surface area contributed by atoms with Crippen molar-refractivity contribution in [2.75, 3.05) is 50.1 Å². The van der Waals surface area contributed by atoms with Gasteiger partial charge in [0, 0.05) is 52.9 Å². The minimum Gasteiger partial charge on any atom is -0.380 e. The Morgan fingerprint density at radius 3 is 2.67 bits per heavy atom. The topological polar surface area (TPSA) is 92.7 Å². The molecule has 2 aromatic heterocycles. The number of benzene rings is 1. The van der Waals surface area contributed by atoms with Crippen molar-refractivity contribution in [1.82, 2.24) is 20.3 Å². The number of pyridine rings is 1. The highest BCUT2D eigenvalue weighted by Gasteiger charge is 2.35. The molecule has 0 saturated carbocycles. The van der Waals surface area contributed by atoms with Crippen molar-refractivity contribution in [3.63, 3.8) is 0 Å². The fraction of sp³-hybridized carbons (Fsp3) is 0.481. The smallest absolute Gasteiger partial charge is 0.251 e. The fourth-order valence-electron chi connectivity index (χ4n) is 5.59. The Morgan fingerprint density at radius 2 is 1.89 bits per heavy atom. The predicted molar refractivity (Wildman–Crippen MR) is 141 cm³/mol. The lowest BCUT2D eigenvalue weighted by molar-refractivity contribution is 0.0299.